The first kappa shape index (κ1) is 117. The highest BCUT2D eigenvalue weighted by Gasteiger charge is 1.98. The topological polar surface area (TPSA) is 298 Å². The number of benzene rings is 1. The van der Waals surface area contributed by atoms with E-state index in [1.807, 2.05) is 256 Å². The van der Waals surface area contributed by atoms with E-state index >= 15 is 0 Å². The van der Waals surface area contributed by atoms with Crippen LogP contribution in [0.25, 0.3) is 0 Å². The van der Waals surface area contributed by atoms with Gasteiger partial charge in [0.1, 0.15) is 30.7 Å². The third kappa shape index (κ3) is 53.7. The fourth-order valence-electron chi connectivity index (χ4n) is 9.17. The number of thiazole rings is 2. The van der Waals surface area contributed by atoms with Gasteiger partial charge in [0.2, 0.25) is 6.20 Å². The van der Waals surface area contributed by atoms with Crippen LogP contribution in [0.3, 0.4) is 0 Å². The summed E-state index contributed by atoms with van der Waals surface area (Å²) >= 11 is 3.33. The third-order valence-electron chi connectivity index (χ3n) is 19.1. The van der Waals surface area contributed by atoms with Gasteiger partial charge < -0.3 is 36.2 Å². The molecule has 18 rings (SSSR count). The van der Waals surface area contributed by atoms with Crippen LogP contribution in [0, 0.1) is 166 Å². The lowest BCUT2D eigenvalue weighted by molar-refractivity contribution is -0.730. The molecule has 0 saturated heterocycles. The molecule has 0 amide bonds. The summed E-state index contributed by atoms with van der Waals surface area (Å²) in [7, 11) is 22.9. The molecule has 30 nitrogen and oxygen atoms in total. The first-order chi connectivity index (χ1) is 61.3. The maximum Gasteiger partial charge on any atom is 0.327 e. The molecule has 0 aliphatic heterocycles. The number of furan rings is 1. The van der Waals surface area contributed by atoms with Gasteiger partial charge in [0.25, 0.3) is 0 Å². The predicted octanol–water partition coefficient (Wildman–Crippen LogP) is 19.5. The number of pyridine rings is 2. The Hall–Kier alpha value is -13.6. The Morgan fingerprint density at radius 3 is 0.931 bits per heavy atom. The monoisotopic (exact) mass is 1830 g/mol. The highest BCUT2D eigenvalue weighted by atomic mass is 32.1. The van der Waals surface area contributed by atoms with Crippen LogP contribution in [0.4, 0.5) is 0 Å². The average Bonchev–Trinajstić information content (AvgIpc) is 1.88. The second-order valence-corrected chi connectivity index (χ2v) is 32.3. The van der Waals surface area contributed by atoms with Crippen molar-refractivity contribution in [1.82, 2.24) is 127 Å². The van der Waals surface area contributed by atoms with E-state index in [-0.39, 0.29) is 13.1 Å². The predicted molar refractivity (Wildman–Crippen MR) is 536 cm³/mol. The van der Waals surface area contributed by atoms with Crippen molar-refractivity contribution in [3.63, 3.8) is 0 Å². The van der Waals surface area contributed by atoms with Gasteiger partial charge in [-0.2, -0.15) is 25.1 Å². The Labute approximate surface area is 787 Å². The second-order valence-electron chi connectivity index (χ2n) is 30.1. The van der Waals surface area contributed by atoms with Crippen LogP contribution < -0.4 is 10.4 Å². The maximum absolute atomic E-state index is 10.7. The van der Waals surface area contributed by atoms with Crippen molar-refractivity contribution >= 4 is 22.7 Å². The van der Waals surface area contributed by atoms with Crippen molar-refractivity contribution in [3.8, 4) is 0 Å². The molecule has 1 N–H and O–H groups in total. The van der Waals surface area contributed by atoms with E-state index in [4.69, 9.17) is 8.83 Å². The van der Waals surface area contributed by atoms with E-state index in [1.165, 1.54) is 76.4 Å². The number of H-pyrrole nitrogens is 1. The first-order valence-corrected chi connectivity index (χ1v) is 43.7. The highest BCUT2D eigenvalue weighted by molar-refractivity contribution is 7.09. The lowest BCUT2D eigenvalue weighted by Gasteiger charge is -2.00. The van der Waals surface area contributed by atoms with Crippen molar-refractivity contribution in [1.29, 1.82) is 0 Å². The largest absolute Gasteiger partial charge is 0.469 e. The molecule has 1 aromatic carbocycles. The van der Waals surface area contributed by atoms with Crippen LogP contribution in [0.1, 0.15) is 142 Å². The number of imidazole rings is 3. The molecule has 17 aromatic heterocycles. The number of rotatable bonds is 0. The fourth-order valence-corrected chi connectivity index (χ4v) is 10.0. The van der Waals surface area contributed by atoms with Gasteiger partial charge in [-0.05, 0) is 258 Å². The molecule has 18 aromatic rings. The average molecular weight is 1830 g/mol. The van der Waals surface area contributed by atoms with Gasteiger partial charge in [0.15, 0.2) is 12.1 Å². The lowest BCUT2D eigenvalue weighted by Crippen LogP contribution is -2.28. The Balaban J connectivity index is 0.00000137. The number of hydrogen-bond acceptors (Lipinski definition) is 19. The van der Waals surface area contributed by atoms with E-state index in [1.54, 1.807) is 149 Å². The van der Waals surface area contributed by atoms with E-state index in [2.05, 4.69) is 216 Å². The normalized spacial score (nSPS) is 9.34. The minimum absolute atomic E-state index is 0. The molecule has 0 spiro atoms. The summed E-state index contributed by atoms with van der Waals surface area (Å²) in [4.78, 5) is 38.8. The number of nitrogens with zero attached hydrogens (tertiary/aromatic N) is 26. The van der Waals surface area contributed by atoms with E-state index < -0.39 is 0 Å². The zero-order valence-electron chi connectivity index (χ0n) is 84.0. The molecule has 710 valence electrons. The minimum Gasteiger partial charge on any atom is -0.469 e. The molecule has 0 atom stereocenters. The van der Waals surface area contributed by atoms with Crippen molar-refractivity contribution in [2.75, 3.05) is 0 Å². The van der Waals surface area contributed by atoms with Crippen molar-refractivity contribution in [2.24, 2.45) is 84.6 Å². The number of aromatic nitrogens is 27. The molecule has 0 radical (unpaired) electrons. The van der Waals surface area contributed by atoms with Crippen LogP contribution >= 0.6 is 22.7 Å². The number of nitrogens with one attached hydrogen (secondary N) is 1. The third-order valence-corrected chi connectivity index (χ3v) is 20.5. The molecule has 32 heteroatoms. The molecule has 0 saturated carbocycles. The summed E-state index contributed by atoms with van der Waals surface area (Å²) in [5.74, 6) is 3.84. The first-order valence-electron chi connectivity index (χ1n) is 42.0. The van der Waals surface area contributed by atoms with Gasteiger partial charge in [-0.15, -0.1) is 27.8 Å². The summed E-state index contributed by atoms with van der Waals surface area (Å²) in [6, 6.07) is 28.7. The van der Waals surface area contributed by atoms with Crippen molar-refractivity contribution < 1.29 is 13.5 Å². The lowest BCUT2D eigenvalue weighted by atomic mass is 10.1. The van der Waals surface area contributed by atoms with Gasteiger partial charge in [-0.1, -0.05) is 48.2 Å². The zero-order chi connectivity index (χ0) is 98.0. The van der Waals surface area contributed by atoms with Gasteiger partial charge in [-0.25, -0.2) is 19.7 Å². The smallest absolute Gasteiger partial charge is 0.327 e. The quantitative estimate of drug-likeness (QED) is 0.138. The summed E-state index contributed by atoms with van der Waals surface area (Å²) in [6.07, 6.45) is 37.9. The fraction of sp³-hybridized carbons (Fsp3) is 0.374. The molecule has 17 heterocycles. The van der Waals surface area contributed by atoms with E-state index in [0.29, 0.717) is 0 Å². The molecule has 131 heavy (non-hydrogen) atoms. The molecule has 0 fully saturated rings. The van der Waals surface area contributed by atoms with Crippen LogP contribution in [0.15, 0.2) is 240 Å². The van der Waals surface area contributed by atoms with Gasteiger partial charge >= 0.3 is 5.69 Å². The SMILES string of the molecule is C.C[n+]1ccn[nH]1.Cc1ccc(C)c(C)n1.Cc1ccc(C)c(C)n1.Cc1cccc(C)c1C.Cc1ccn(C)c1C.Cc1ccn(C)c1C.Cc1ccn(C)n1.Cc1ccn(C)n1.Cc1ccnn1C.Cc1ccnn1C.Cc1ccoc1C.Cc1nccn1C.Cc1nccn1C.Cc1ncco1.Cc1nccs1.Cc1nccs1.Cn1ccn(C)c1=O.Cn1ccnn1. The standard InChI is InChI=1S/C9H12.2C8H11N.2C7H11N.C6H8O.C5H8N2O.6C5H8N2.C4H5NO.2C4H5NS.2C3H5N3.CH4/c1-7-5-4-6-8(2)9(7)3;2*1-6-4-5-7(2)9-8(6)3;2*1-6-4-5-8(3)7(6)2;1-5-3-4-7-6(5)2;1-6-3-4-7(2)5(6)8;2*1-5-6-3-4-7(5)2;2*1-5-3-4-7(2)6-5;2*1-5-3-4-6-7(5)2;3*1-4-5-2-3-6-4;2*1-6-3-2-4-5-6;/h4-6H,1-3H3;2*4-5H,1-3H3;2*4-5H,1-3H3;3-4H,1-2H3;3-4H,1-2H3;6*3-4H,1-2H3;5*2-3H,1H3;1H4/p+1. The zero-order valence-corrected chi connectivity index (χ0v) is 85.7. The number of hydrogen-bond donors (Lipinski definition) is 1. The van der Waals surface area contributed by atoms with E-state index in [0.717, 1.165) is 67.5 Å². The van der Waals surface area contributed by atoms with Crippen LogP contribution in [0.2, 0.25) is 0 Å². The number of aryl methyl sites for hydroxylation is 33. The van der Waals surface area contributed by atoms with Crippen LogP contribution in [0.5, 0.6) is 0 Å². The van der Waals surface area contributed by atoms with Crippen LogP contribution in [-0.2, 0) is 84.6 Å². The summed E-state index contributed by atoms with van der Waals surface area (Å²) in [5.41, 5.74) is 22.4. The molecule has 0 aliphatic rings. The Kier molecular flexibility index (Phi) is 59.0. The highest BCUT2D eigenvalue weighted by Crippen LogP contribution is 2.11. The van der Waals surface area contributed by atoms with Gasteiger partial charge in [-0.3, -0.25) is 43.3 Å². The molecule has 0 bridgehead atoms. The number of oxazole rings is 1. The van der Waals surface area contributed by atoms with Crippen LogP contribution in [-0.4, -0.2) is 127 Å². The maximum atomic E-state index is 10.7. The van der Waals surface area contributed by atoms with E-state index in [9.17, 15) is 4.79 Å². The molecule has 0 aliphatic carbocycles. The molecular formula is C99H150N27O3S2+. The minimum atomic E-state index is 0. The Bertz CT molecular complexity index is 5150. The Morgan fingerprint density at radius 2 is 0.802 bits per heavy atom. The molecule has 0 unspecified atom stereocenters. The molecular weight excluding hydrogens is 1680 g/mol. The number of aromatic amines is 1. The van der Waals surface area contributed by atoms with Crippen molar-refractivity contribution in [3.05, 3.63) is 371 Å². The summed E-state index contributed by atoms with van der Waals surface area (Å²) < 4.78 is 31.6. The van der Waals surface area contributed by atoms with Gasteiger partial charge in [0.05, 0.1) is 40.1 Å². The summed E-state index contributed by atoms with van der Waals surface area (Å²) in [5, 5.41) is 35.6. The summed E-state index contributed by atoms with van der Waals surface area (Å²) in [6.45, 7) is 48.8. The van der Waals surface area contributed by atoms with Gasteiger partial charge in [0, 0.05) is 239 Å². The second kappa shape index (κ2) is 65.9. The Morgan fingerprint density at radius 1 is 0.359 bits per heavy atom. The van der Waals surface area contributed by atoms with Crippen molar-refractivity contribution in [2.45, 2.75) is 174 Å².